The van der Waals surface area contributed by atoms with Gasteiger partial charge in [-0.2, -0.15) is 0 Å². The lowest BCUT2D eigenvalue weighted by Crippen LogP contribution is -2.28. The molecule has 1 N–H and O–H groups in total. The highest BCUT2D eigenvalue weighted by molar-refractivity contribution is 5.97. The number of rotatable bonds is 4. The minimum absolute atomic E-state index is 0.0414. The van der Waals surface area contributed by atoms with Crippen molar-refractivity contribution in [2.75, 3.05) is 11.9 Å². The Labute approximate surface area is 161 Å². The van der Waals surface area contributed by atoms with E-state index in [1.807, 2.05) is 49.4 Å². The molecular formula is C23H28N2O2. The lowest BCUT2D eigenvalue weighted by molar-refractivity contribution is -0.128. The zero-order valence-electron chi connectivity index (χ0n) is 16.6. The van der Waals surface area contributed by atoms with Crippen LogP contribution in [0.2, 0.25) is 0 Å². The second-order valence-corrected chi connectivity index (χ2v) is 8.48. The molecule has 27 heavy (non-hydrogen) atoms. The van der Waals surface area contributed by atoms with Crippen molar-refractivity contribution >= 4 is 17.5 Å². The Balaban J connectivity index is 1.60. The summed E-state index contributed by atoms with van der Waals surface area (Å²) in [6.07, 6.45) is 0.276. The first-order chi connectivity index (χ1) is 12.7. The highest BCUT2D eigenvalue weighted by Gasteiger charge is 2.34. The number of anilines is 1. The minimum Gasteiger partial charge on any atom is -0.338 e. The second kappa shape index (κ2) is 7.55. The topological polar surface area (TPSA) is 49.4 Å². The Morgan fingerprint density at radius 2 is 1.85 bits per heavy atom. The first-order valence-corrected chi connectivity index (χ1v) is 9.47. The van der Waals surface area contributed by atoms with Gasteiger partial charge in [-0.3, -0.25) is 9.59 Å². The predicted octanol–water partition coefficient (Wildman–Crippen LogP) is 4.28. The molecule has 0 aliphatic carbocycles. The molecule has 1 aliphatic rings. The van der Waals surface area contributed by atoms with E-state index in [2.05, 4.69) is 32.2 Å². The summed E-state index contributed by atoms with van der Waals surface area (Å²) in [7, 11) is 0. The number of hydrogen-bond donors (Lipinski definition) is 1. The van der Waals surface area contributed by atoms with E-state index >= 15 is 0 Å². The molecule has 0 saturated carbocycles. The molecule has 1 saturated heterocycles. The lowest BCUT2D eigenvalue weighted by atomic mass is 9.87. The fourth-order valence-electron chi connectivity index (χ4n) is 3.43. The number of amides is 2. The van der Waals surface area contributed by atoms with Crippen LogP contribution in [0.1, 0.15) is 43.9 Å². The number of carbonyl (C=O) groups excluding carboxylic acids is 2. The van der Waals surface area contributed by atoms with Crippen LogP contribution in [-0.4, -0.2) is 23.3 Å². The van der Waals surface area contributed by atoms with E-state index in [1.54, 1.807) is 4.90 Å². The number of carbonyl (C=O) groups is 2. The normalized spacial score (nSPS) is 17.3. The highest BCUT2D eigenvalue weighted by atomic mass is 16.2. The molecule has 4 nitrogen and oxygen atoms in total. The predicted molar refractivity (Wildman–Crippen MR) is 108 cm³/mol. The first kappa shape index (κ1) is 19.2. The minimum atomic E-state index is -0.301. The Hall–Kier alpha value is -2.62. The smallest absolute Gasteiger partial charge is 0.229 e. The van der Waals surface area contributed by atoms with Crippen LogP contribution in [0.3, 0.4) is 0 Å². The Kier molecular flexibility index (Phi) is 5.36. The summed E-state index contributed by atoms with van der Waals surface area (Å²) in [4.78, 5) is 26.7. The summed E-state index contributed by atoms with van der Waals surface area (Å²) in [6.45, 7) is 9.55. The van der Waals surface area contributed by atoms with E-state index in [1.165, 1.54) is 11.1 Å². The van der Waals surface area contributed by atoms with Gasteiger partial charge < -0.3 is 10.2 Å². The molecule has 0 bridgehead atoms. The zero-order valence-corrected chi connectivity index (χ0v) is 16.6. The molecule has 3 rings (SSSR count). The number of nitrogens with one attached hydrogen (secondary N) is 1. The van der Waals surface area contributed by atoms with Crippen molar-refractivity contribution in [1.29, 1.82) is 0 Å². The average Bonchev–Trinajstić information content (AvgIpc) is 2.95. The van der Waals surface area contributed by atoms with Gasteiger partial charge in [-0.05, 0) is 35.6 Å². The van der Waals surface area contributed by atoms with E-state index < -0.39 is 0 Å². The highest BCUT2D eigenvalue weighted by Crippen LogP contribution is 2.25. The summed E-state index contributed by atoms with van der Waals surface area (Å²) < 4.78 is 0. The van der Waals surface area contributed by atoms with E-state index in [0.29, 0.717) is 13.1 Å². The van der Waals surface area contributed by atoms with E-state index in [-0.39, 0.29) is 29.6 Å². The van der Waals surface area contributed by atoms with Gasteiger partial charge in [0, 0.05) is 25.2 Å². The van der Waals surface area contributed by atoms with E-state index in [9.17, 15) is 9.59 Å². The monoisotopic (exact) mass is 364 g/mol. The molecule has 1 heterocycles. The summed E-state index contributed by atoms with van der Waals surface area (Å²) in [6, 6.07) is 16.1. The molecule has 1 fully saturated rings. The first-order valence-electron chi connectivity index (χ1n) is 9.47. The second-order valence-electron chi connectivity index (χ2n) is 8.48. The maximum atomic E-state index is 12.6. The van der Waals surface area contributed by atoms with Gasteiger partial charge in [-0.25, -0.2) is 0 Å². The molecular weight excluding hydrogens is 336 g/mol. The van der Waals surface area contributed by atoms with Gasteiger partial charge in [0.2, 0.25) is 11.8 Å². The van der Waals surface area contributed by atoms with Crippen molar-refractivity contribution in [3.8, 4) is 0 Å². The Morgan fingerprint density at radius 1 is 1.15 bits per heavy atom. The molecule has 2 aromatic rings. The SMILES string of the molecule is Cc1cccc(CN2CC(C(=O)Nc3ccc(C(C)(C)C)cc3)CC2=O)c1. The molecule has 0 radical (unpaired) electrons. The molecule has 1 aliphatic heterocycles. The number of benzene rings is 2. The number of aryl methyl sites for hydroxylation is 1. The van der Waals surface area contributed by atoms with Crippen LogP contribution >= 0.6 is 0 Å². The largest absolute Gasteiger partial charge is 0.338 e. The maximum absolute atomic E-state index is 12.6. The third-order valence-electron chi connectivity index (χ3n) is 5.06. The standard InChI is InChI=1S/C23H28N2O2/c1-16-6-5-7-17(12-16)14-25-15-18(13-21(25)26)22(27)24-20-10-8-19(9-11-20)23(2,3)4/h5-12,18H,13-15H2,1-4H3,(H,24,27). The zero-order chi connectivity index (χ0) is 19.6. The van der Waals surface area contributed by atoms with Crippen molar-refractivity contribution in [3.05, 3.63) is 65.2 Å². The third-order valence-corrected chi connectivity index (χ3v) is 5.06. The molecule has 2 amide bonds. The van der Waals surface area contributed by atoms with Crippen LogP contribution in [0.5, 0.6) is 0 Å². The molecule has 4 heteroatoms. The summed E-state index contributed by atoms with van der Waals surface area (Å²) in [5.74, 6) is -0.345. The van der Waals surface area contributed by atoms with Crippen LogP contribution in [0.25, 0.3) is 0 Å². The Morgan fingerprint density at radius 3 is 2.48 bits per heavy atom. The third kappa shape index (κ3) is 4.76. The summed E-state index contributed by atoms with van der Waals surface area (Å²) >= 11 is 0. The Bertz CT molecular complexity index is 834. The van der Waals surface area contributed by atoms with E-state index in [0.717, 1.165) is 11.3 Å². The fourth-order valence-corrected chi connectivity index (χ4v) is 3.43. The van der Waals surface area contributed by atoms with Crippen LogP contribution in [0.4, 0.5) is 5.69 Å². The summed E-state index contributed by atoms with van der Waals surface area (Å²) in [5.41, 5.74) is 4.35. The number of likely N-dealkylation sites (tertiary alicyclic amines) is 1. The van der Waals surface area contributed by atoms with Crippen LogP contribution in [0.15, 0.2) is 48.5 Å². The van der Waals surface area contributed by atoms with Crippen molar-refractivity contribution < 1.29 is 9.59 Å². The van der Waals surface area contributed by atoms with Gasteiger partial charge in [0.05, 0.1) is 5.92 Å². The lowest BCUT2D eigenvalue weighted by Gasteiger charge is -2.19. The van der Waals surface area contributed by atoms with Crippen molar-refractivity contribution in [2.45, 2.75) is 46.1 Å². The molecule has 2 aromatic carbocycles. The number of nitrogens with zero attached hydrogens (tertiary/aromatic N) is 1. The van der Waals surface area contributed by atoms with Gasteiger partial charge in [-0.15, -0.1) is 0 Å². The maximum Gasteiger partial charge on any atom is 0.229 e. The van der Waals surface area contributed by atoms with Crippen molar-refractivity contribution in [1.82, 2.24) is 4.90 Å². The fraction of sp³-hybridized carbons (Fsp3) is 0.391. The van der Waals surface area contributed by atoms with Gasteiger partial charge >= 0.3 is 0 Å². The molecule has 0 aromatic heterocycles. The quantitative estimate of drug-likeness (QED) is 0.880. The molecule has 1 atom stereocenters. The van der Waals surface area contributed by atoms with Crippen LogP contribution in [0, 0.1) is 12.8 Å². The van der Waals surface area contributed by atoms with Crippen molar-refractivity contribution in [3.63, 3.8) is 0 Å². The molecule has 1 unspecified atom stereocenters. The van der Waals surface area contributed by atoms with Gasteiger partial charge in [0.1, 0.15) is 0 Å². The molecule has 0 spiro atoms. The number of hydrogen-bond acceptors (Lipinski definition) is 2. The van der Waals surface area contributed by atoms with Gasteiger partial charge in [-0.1, -0.05) is 62.7 Å². The van der Waals surface area contributed by atoms with Gasteiger partial charge in [0.15, 0.2) is 0 Å². The van der Waals surface area contributed by atoms with Crippen LogP contribution < -0.4 is 5.32 Å². The van der Waals surface area contributed by atoms with Gasteiger partial charge in [0.25, 0.3) is 0 Å². The van der Waals surface area contributed by atoms with Crippen molar-refractivity contribution in [2.24, 2.45) is 5.92 Å². The molecule has 142 valence electrons. The average molecular weight is 364 g/mol. The summed E-state index contributed by atoms with van der Waals surface area (Å²) in [5, 5.41) is 2.96. The van der Waals surface area contributed by atoms with Crippen LogP contribution in [-0.2, 0) is 21.5 Å². The van der Waals surface area contributed by atoms with E-state index in [4.69, 9.17) is 0 Å².